The summed E-state index contributed by atoms with van der Waals surface area (Å²) in [5, 5.41) is 9.41. The smallest absolute Gasteiger partial charge is 0.243 e. The number of ether oxygens (including phenoxy) is 1. The average Bonchev–Trinajstić information content (AvgIpc) is 3.07. The number of unbranched alkanes of at least 4 members (excludes halogenated alkanes) is 1. The fraction of sp³-hybridized carbons (Fsp3) is 0.222. The standard InChI is InChI=1S/C18H16Br2N2O3S/c19-12-9-11(18-21-14-5-1-2-6-15(14)26-18)10-13(20)17(12)25-8-4-3-7-16(23)22-24/h1-2,5-6,9-10,24H,3-4,7-8H2,(H,22,23). The second kappa shape index (κ2) is 8.94. The predicted molar refractivity (Wildman–Crippen MR) is 110 cm³/mol. The molecule has 0 bridgehead atoms. The van der Waals surface area contributed by atoms with Crippen LogP contribution in [0.3, 0.4) is 0 Å². The van der Waals surface area contributed by atoms with E-state index in [2.05, 4.69) is 42.9 Å². The van der Waals surface area contributed by atoms with Crippen LogP contribution in [0, 0.1) is 0 Å². The van der Waals surface area contributed by atoms with Crippen LogP contribution in [0.5, 0.6) is 5.75 Å². The van der Waals surface area contributed by atoms with E-state index in [1.165, 1.54) is 0 Å². The van der Waals surface area contributed by atoms with E-state index in [0.717, 1.165) is 35.5 Å². The Morgan fingerprint density at radius 2 is 1.92 bits per heavy atom. The molecule has 1 aromatic heterocycles. The number of carbonyl (C=O) groups is 1. The summed E-state index contributed by atoms with van der Waals surface area (Å²) in [7, 11) is 0. The molecule has 0 unspecified atom stereocenters. The Kier molecular flexibility index (Phi) is 6.63. The summed E-state index contributed by atoms with van der Waals surface area (Å²) in [6, 6.07) is 12.1. The zero-order chi connectivity index (χ0) is 18.5. The van der Waals surface area contributed by atoms with Crippen molar-refractivity contribution >= 4 is 59.3 Å². The molecule has 2 aromatic carbocycles. The van der Waals surface area contributed by atoms with E-state index >= 15 is 0 Å². The van der Waals surface area contributed by atoms with E-state index in [0.29, 0.717) is 19.4 Å². The third-order valence-corrected chi connectivity index (χ3v) is 5.97. The monoisotopic (exact) mass is 498 g/mol. The van der Waals surface area contributed by atoms with Gasteiger partial charge in [-0.05, 0) is 69.0 Å². The maximum Gasteiger partial charge on any atom is 0.243 e. The fourth-order valence-corrected chi connectivity index (χ4v) is 4.80. The summed E-state index contributed by atoms with van der Waals surface area (Å²) in [6.45, 7) is 0.483. The van der Waals surface area contributed by atoms with Crippen molar-refractivity contribution in [1.82, 2.24) is 10.5 Å². The van der Waals surface area contributed by atoms with Gasteiger partial charge in [-0.3, -0.25) is 10.0 Å². The van der Waals surface area contributed by atoms with Crippen LogP contribution < -0.4 is 10.2 Å². The van der Waals surface area contributed by atoms with E-state index < -0.39 is 0 Å². The molecular weight excluding hydrogens is 484 g/mol. The van der Waals surface area contributed by atoms with Gasteiger partial charge in [-0.1, -0.05) is 12.1 Å². The summed E-state index contributed by atoms with van der Waals surface area (Å²) in [4.78, 5) is 15.7. The molecule has 0 saturated carbocycles. The third kappa shape index (κ3) is 4.62. The summed E-state index contributed by atoms with van der Waals surface area (Å²) < 4.78 is 8.67. The van der Waals surface area contributed by atoms with E-state index in [1.807, 2.05) is 30.3 Å². The predicted octanol–water partition coefficient (Wildman–Crippen LogP) is 5.54. The van der Waals surface area contributed by atoms with Crippen molar-refractivity contribution in [2.45, 2.75) is 19.3 Å². The SMILES string of the molecule is O=C(CCCCOc1c(Br)cc(-c2nc3ccccc3s2)cc1Br)NO. The summed E-state index contributed by atoms with van der Waals surface area (Å²) in [5.41, 5.74) is 3.63. The number of halogens is 2. The lowest BCUT2D eigenvalue weighted by molar-refractivity contribution is -0.129. The zero-order valence-electron chi connectivity index (χ0n) is 13.7. The number of nitrogens with zero attached hydrogens (tertiary/aromatic N) is 1. The minimum atomic E-state index is -0.382. The Hall–Kier alpha value is -1.48. The maximum absolute atomic E-state index is 11.0. The number of rotatable bonds is 7. The number of hydroxylamine groups is 1. The lowest BCUT2D eigenvalue weighted by Crippen LogP contribution is -2.18. The molecule has 0 saturated heterocycles. The molecule has 2 N–H and O–H groups in total. The number of nitrogens with one attached hydrogen (secondary N) is 1. The molecule has 0 aliphatic heterocycles. The normalized spacial score (nSPS) is 10.9. The molecule has 0 radical (unpaired) electrons. The van der Waals surface area contributed by atoms with Gasteiger partial charge in [0, 0.05) is 12.0 Å². The first-order chi connectivity index (χ1) is 12.6. The second-order valence-corrected chi connectivity index (χ2v) is 8.34. The van der Waals surface area contributed by atoms with Gasteiger partial charge >= 0.3 is 0 Å². The molecular formula is C18H16Br2N2O3S. The highest BCUT2D eigenvalue weighted by Gasteiger charge is 2.13. The Morgan fingerprint density at radius 3 is 2.62 bits per heavy atom. The topological polar surface area (TPSA) is 71.5 Å². The van der Waals surface area contributed by atoms with Crippen molar-refractivity contribution in [3.05, 3.63) is 45.3 Å². The van der Waals surface area contributed by atoms with Crippen molar-refractivity contribution in [2.75, 3.05) is 6.61 Å². The number of hydrogen-bond donors (Lipinski definition) is 2. The lowest BCUT2D eigenvalue weighted by Gasteiger charge is -2.11. The average molecular weight is 500 g/mol. The maximum atomic E-state index is 11.0. The largest absolute Gasteiger partial charge is 0.491 e. The highest BCUT2D eigenvalue weighted by Crippen LogP contribution is 2.40. The van der Waals surface area contributed by atoms with Gasteiger partial charge in [0.2, 0.25) is 5.91 Å². The number of thiazole rings is 1. The molecule has 0 aliphatic carbocycles. The van der Waals surface area contributed by atoms with Crippen LogP contribution in [0.2, 0.25) is 0 Å². The van der Waals surface area contributed by atoms with Crippen LogP contribution in [0.25, 0.3) is 20.8 Å². The molecule has 3 rings (SSSR count). The van der Waals surface area contributed by atoms with Gasteiger partial charge in [0.05, 0.1) is 25.8 Å². The lowest BCUT2D eigenvalue weighted by atomic mass is 10.2. The number of benzene rings is 2. The van der Waals surface area contributed by atoms with Crippen LogP contribution >= 0.6 is 43.2 Å². The third-order valence-electron chi connectivity index (χ3n) is 3.71. The molecule has 0 fully saturated rings. The van der Waals surface area contributed by atoms with Crippen LogP contribution in [-0.4, -0.2) is 22.7 Å². The fourth-order valence-electron chi connectivity index (χ4n) is 2.43. The molecule has 1 amide bonds. The Morgan fingerprint density at radius 1 is 1.19 bits per heavy atom. The van der Waals surface area contributed by atoms with Crippen molar-refractivity contribution in [2.24, 2.45) is 0 Å². The van der Waals surface area contributed by atoms with E-state index in [9.17, 15) is 4.79 Å². The molecule has 1 heterocycles. The molecule has 8 heteroatoms. The van der Waals surface area contributed by atoms with Gasteiger partial charge in [-0.2, -0.15) is 0 Å². The van der Waals surface area contributed by atoms with Crippen LogP contribution in [0.15, 0.2) is 45.3 Å². The Balaban J connectivity index is 1.69. The molecule has 0 atom stereocenters. The minimum absolute atomic E-state index is 0.277. The molecule has 3 aromatic rings. The minimum Gasteiger partial charge on any atom is -0.491 e. The molecule has 0 spiro atoms. The van der Waals surface area contributed by atoms with Gasteiger partial charge in [0.25, 0.3) is 0 Å². The number of fused-ring (bicyclic) bond motifs is 1. The number of hydrogen-bond acceptors (Lipinski definition) is 5. The molecule has 5 nitrogen and oxygen atoms in total. The quantitative estimate of drug-likeness (QED) is 0.254. The first kappa shape index (κ1) is 19.3. The number of carbonyl (C=O) groups excluding carboxylic acids is 1. The van der Waals surface area contributed by atoms with Crippen molar-refractivity contribution in [1.29, 1.82) is 0 Å². The van der Waals surface area contributed by atoms with Crippen LogP contribution in [0.1, 0.15) is 19.3 Å². The van der Waals surface area contributed by atoms with Crippen molar-refractivity contribution in [3.63, 3.8) is 0 Å². The summed E-state index contributed by atoms with van der Waals surface area (Å²) in [6.07, 6.45) is 1.64. The van der Waals surface area contributed by atoms with Gasteiger partial charge in [-0.25, -0.2) is 10.5 Å². The van der Waals surface area contributed by atoms with Gasteiger partial charge in [0.1, 0.15) is 10.8 Å². The number of aromatic nitrogens is 1. The van der Waals surface area contributed by atoms with Crippen LogP contribution in [0.4, 0.5) is 0 Å². The second-order valence-electron chi connectivity index (χ2n) is 5.60. The van der Waals surface area contributed by atoms with E-state index in [-0.39, 0.29) is 12.3 Å². The van der Waals surface area contributed by atoms with E-state index in [4.69, 9.17) is 9.94 Å². The highest BCUT2D eigenvalue weighted by atomic mass is 79.9. The van der Waals surface area contributed by atoms with Gasteiger partial charge in [-0.15, -0.1) is 11.3 Å². The Labute approximate surface area is 171 Å². The zero-order valence-corrected chi connectivity index (χ0v) is 17.7. The number of amides is 1. The molecule has 26 heavy (non-hydrogen) atoms. The number of para-hydroxylation sites is 1. The van der Waals surface area contributed by atoms with Gasteiger partial charge in [0.15, 0.2) is 0 Å². The Bertz CT molecular complexity index is 874. The highest BCUT2D eigenvalue weighted by molar-refractivity contribution is 9.11. The molecule has 0 aliphatic rings. The van der Waals surface area contributed by atoms with Crippen molar-refractivity contribution < 1.29 is 14.7 Å². The first-order valence-corrected chi connectivity index (χ1v) is 10.4. The molecule has 136 valence electrons. The van der Waals surface area contributed by atoms with Gasteiger partial charge < -0.3 is 4.74 Å². The first-order valence-electron chi connectivity index (χ1n) is 7.99. The van der Waals surface area contributed by atoms with Crippen LogP contribution in [-0.2, 0) is 4.79 Å². The summed E-state index contributed by atoms with van der Waals surface area (Å²) >= 11 is 8.79. The van der Waals surface area contributed by atoms with Crippen molar-refractivity contribution in [3.8, 4) is 16.3 Å². The summed E-state index contributed by atoms with van der Waals surface area (Å²) in [5.74, 6) is 0.342. The van der Waals surface area contributed by atoms with E-state index in [1.54, 1.807) is 16.8 Å².